The second-order valence-corrected chi connectivity index (χ2v) is 6.17. The van der Waals surface area contributed by atoms with Gasteiger partial charge in [0.05, 0.1) is 19.8 Å². The first-order valence-electron chi connectivity index (χ1n) is 9.27. The number of amides is 1. The van der Waals surface area contributed by atoms with Gasteiger partial charge >= 0.3 is 0 Å². The number of rotatable bonds is 9. The second-order valence-electron chi connectivity index (χ2n) is 6.17. The molecule has 146 valence electrons. The zero-order chi connectivity index (χ0) is 18.9. The van der Waals surface area contributed by atoms with Crippen LogP contribution in [0.2, 0.25) is 0 Å². The first kappa shape index (κ1) is 19.3. The predicted molar refractivity (Wildman–Crippen MR) is 100 cm³/mol. The van der Waals surface area contributed by atoms with Crippen molar-refractivity contribution in [2.24, 2.45) is 0 Å². The molecule has 2 aromatic rings. The summed E-state index contributed by atoms with van der Waals surface area (Å²) in [5.41, 5.74) is 0. The van der Waals surface area contributed by atoms with E-state index in [1.54, 1.807) is 12.1 Å². The molecule has 0 saturated carbocycles. The van der Waals surface area contributed by atoms with E-state index in [-0.39, 0.29) is 12.5 Å². The Balaban J connectivity index is 1.41. The Bertz CT molecular complexity index is 707. The quantitative estimate of drug-likeness (QED) is 0.726. The first-order chi connectivity index (χ1) is 13.2. The fraction of sp³-hybridized carbons (Fsp3) is 0.450. The summed E-state index contributed by atoms with van der Waals surface area (Å²) >= 11 is 0. The number of carbonyl (C=O) groups is 1. The summed E-state index contributed by atoms with van der Waals surface area (Å²) in [6.07, 6.45) is 0. The van der Waals surface area contributed by atoms with Gasteiger partial charge in [0.1, 0.15) is 23.9 Å². The highest BCUT2D eigenvalue weighted by atomic mass is 16.5. The molecule has 7 heteroatoms. The Morgan fingerprint density at radius 2 is 1.78 bits per heavy atom. The molecule has 1 fully saturated rings. The third-order valence-corrected chi connectivity index (χ3v) is 4.22. The van der Waals surface area contributed by atoms with E-state index < -0.39 is 0 Å². The minimum atomic E-state index is -0.212. The minimum absolute atomic E-state index is 0.212. The van der Waals surface area contributed by atoms with Crippen LogP contribution in [0.3, 0.4) is 0 Å². The molecule has 1 amide bonds. The van der Waals surface area contributed by atoms with Crippen LogP contribution in [0.1, 0.15) is 23.2 Å². The molecule has 27 heavy (non-hydrogen) atoms. The van der Waals surface area contributed by atoms with E-state index in [2.05, 4.69) is 10.2 Å². The monoisotopic (exact) mass is 374 g/mol. The van der Waals surface area contributed by atoms with Gasteiger partial charge in [-0.05, 0) is 43.3 Å². The van der Waals surface area contributed by atoms with Crippen molar-refractivity contribution in [3.8, 4) is 11.5 Å². The zero-order valence-corrected chi connectivity index (χ0v) is 15.6. The lowest BCUT2D eigenvalue weighted by Crippen LogP contribution is -2.41. The lowest BCUT2D eigenvalue weighted by atomic mass is 10.3. The number of hydrogen-bond donors (Lipinski definition) is 1. The van der Waals surface area contributed by atoms with Gasteiger partial charge in [0.15, 0.2) is 5.76 Å². The molecule has 0 bridgehead atoms. The Morgan fingerprint density at radius 1 is 1.07 bits per heavy atom. The molecule has 7 nitrogen and oxygen atoms in total. The van der Waals surface area contributed by atoms with E-state index >= 15 is 0 Å². The molecule has 1 N–H and O–H groups in total. The predicted octanol–water partition coefficient (Wildman–Crippen LogP) is 2.32. The lowest BCUT2D eigenvalue weighted by Gasteiger charge is -2.26. The number of furan rings is 1. The molecule has 0 atom stereocenters. The smallest absolute Gasteiger partial charge is 0.287 e. The van der Waals surface area contributed by atoms with Crippen LogP contribution in [0.4, 0.5) is 0 Å². The Hall–Kier alpha value is -2.51. The molecular formula is C20H26N2O5. The van der Waals surface area contributed by atoms with Crippen LogP contribution in [0.15, 0.2) is 40.8 Å². The molecule has 1 aromatic heterocycles. The fourth-order valence-corrected chi connectivity index (χ4v) is 2.77. The summed E-state index contributed by atoms with van der Waals surface area (Å²) in [5.74, 6) is 2.20. The maximum absolute atomic E-state index is 12.2. The van der Waals surface area contributed by atoms with Crippen LogP contribution in [0, 0.1) is 0 Å². The van der Waals surface area contributed by atoms with Gasteiger partial charge in [-0.25, -0.2) is 0 Å². The molecule has 1 saturated heterocycles. The highest BCUT2D eigenvalue weighted by molar-refractivity contribution is 5.91. The van der Waals surface area contributed by atoms with Crippen molar-refractivity contribution in [1.82, 2.24) is 10.2 Å². The Labute approximate surface area is 159 Å². The normalized spacial score (nSPS) is 14.7. The molecule has 0 spiro atoms. The van der Waals surface area contributed by atoms with E-state index in [4.69, 9.17) is 18.6 Å². The molecule has 1 aliphatic rings. The van der Waals surface area contributed by atoms with E-state index in [1.165, 1.54) is 0 Å². The van der Waals surface area contributed by atoms with E-state index in [1.807, 2.05) is 31.2 Å². The van der Waals surface area contributed by atoms with Gasteiger partial charge in [0.25, 0.3) is 5.91 Å². The second kappa shape index (κ2) is 9.99. The van der Waals surface area contributed by atoms with Gasteiger partial charge in [-0.2, -0.15) is 0 Å². The minimum Gasteiger partial charge on any atom is -0.494 e. The van der Waals surface area contributed by atoms with Crippen molar-refractivity contribution in [2.75, 3.05) is 46.0 Å². The van der Waals surface area contributed by atoms with Gasteiger partial charge in [0.2, 0.25) is 0 Å². The topological polar surface area (TPSA) is 73.2 Å². The zero-order valence-electron chi connectivity index (χ0n) is 15.6. The van der Waals surface area contributed by atoms with Gasteiger partial charge in [0, 0.05) is 26.2 Å². The average molecular weight is 374 g/mol. The fourth-order valence-electron chi connectivity index (χ4n) is 2.77. The lowest BCUT2D eigenvalue weighted by molar-refractivity contribution is 0.0382. The van der Waals surface area contributed by atoms with Crippen molar-refractivity contribution < 1.29 is 23.4 Å². The summed E-state index contributed by atoms with van der Waals surface area (Å²) in [4.78, 5) is 14.4. The van der Waals surface area contributed by atoms with Gasteiger partial charge in [-0.15, -0.1) is 0 Å². The number of nitrogens with zero attached hydrogens (tertiary/aromatic N) is 1. The van der Waals surface area contributed by atoms with Crippen molar-refractivity contribution in [3.63, 3.8) is 0 Å². The van der Waals surface area contributed by atoms with Crippen molar-refractivity contribution in [1.29, 1.82) is 0 Å². The third kappa shape index (κ3) is 6.01. The number of nitrogens with one attached hydrogen (secondary N) is 1. The van der Waals surface area contributed by atoms with E-state index in [0.717, 1.165) is 38.6 Å². The number of benzene rings is 1. The van der Waals surface area contributed by atoms with E-state index in [9.17, 15) is 4.79 Å². The van der Waals surface area contributed by atoms with Crippen LogP contribution >= 0.6 is 0 Å². The Kier molecular flexibility index (Phi) is 7.12. The van der Waals surface area contributed by atoms with Crippen molar-refractivity contribution in [2.45, 2.75) is 13.5 Å². The van der Waals surface area contributed by atoms with E-state index in [0.29, 0.717) is 30.4 Å². The van der Waals surface area contributed by atoms with Crippen LogP contribution in [0.5, 0.6) is 11.5 Å². The highest BCUT2D eigenvalue weighted by Gasteiger charge is 2.13. The molecule has 0 aliphatic carbocycles. The standard InChI is InChI=1S/C20H26N2O5/c1-2-25-16-3-5-17(6-4-16)26-15-18-7-8-19(27-18)20(23)21-9-10-22-11-13-24-14-12-22/h3-8H,2,9-15H2,1H3,(H,21,23). The Morgan fingerprint density at radius 3 is 2.48 bits per heavy atom. The number of ether oxygens (including phenoxy) is 3. The average Bonchev–Trinajstić information content (AvgIpc) is 3.18. The summed E-state index contributed by atoms with van der Waals surface area (Å²) < 4.78 is 22.0. The SMILES string of the molecule is CCOc1ccc(OCc2ccc(C(=O)NCCN3CCOCC3)o2)cc1. The van der Waals surface area contributed by atoms with Crippen LogP contribution in [-0.4, -0.2) is 56.8 Å². The number of morpholine rings is 1. The molecule has 1 aliphatic heterocycles. The van der Waals surface area contributed by atoms with Gasteiger partial charge < -0.3 is 23.9 Å². The first-order valence-corrected chi connectivity index (χ1v) is 9.27. The maximum atomic E-state index is 12.2. The van der Waals surface area contributed by atoms with Gasteiger partial charge in [-0.1, -0.05) is 0 Å². The summed E-state index contributed by atoms with van der Waals surface area (Å²) in [6, 6.07) is 10.8. The van der Waals surface area contributed by atoms with Crippen LogP contribution in [-0.2, 0) is 11.3 Å². The molecular weight excluding hydrogens is 348 g/mol. The third-order valence-electron chi connectivity index (χ3n) is 4.22. The summed E-state index contributed by atoms with van der Waals surface area (Å²) in [7, 11) is 0. The molecule has 0 radical (unpaired) electrons. The summed E-state index contributed by atoms with van der Waals surface area (Å²) in [6.45, 7) is 7.54. The van der Waals surface area contributed by atoms with Gasteiger partial charge in [-0.3, -0.25) is 9.69 Å². The molecule has 0 unspecified atom stereocenters. The number of hydrogen-bond acceptors (Lipinski definition) is 6. The van der Waals surface area contributed by atoms with Crippen LogP contribution < -0.4 is 14.8 Å². The molecule has 2 heterocycles. The summed E-state index contributed by atoms with van der Waals surface area (Å²) in [5, 5.41) is 2.88. The van der Waals surface area contributed by atoms with Crippen LogP contribution in [0.25, 0.3) is 0 Å². The number of carbonyl (C=O) groups excluding carboxylic acids is 1. The largest absolute Gasteiger partial charge is 0.494 e. The maximum Gasteiger partial charge on any atom is 0.287 e. The molecule has 1 aromatic carbocycles. The highest BCUT2D eigenvalue weighted by Crippen LogP contribution is 2.19. The van der Waals surface area contributed by atoms with Crippen molar-refractivity contribution in [3.05, 3.63) is 47.9 Å². The molecule has 3 rings (SSSR count). The van der Waals surface area contributed by atoms with Crippen molar-refractivity contribution >= 4 is 5.91 Å².